The van der Waals surface area contributed by atoms with E-state index >= 15 is 0 Å². The topological polar surface area (TPSA) is 62.5 Å². The summed E-state index contributed by atoms with van der Waals surface area (Å²) in [7, 11) is 0. The standard InChI is InChI=1S/C20H19FN4O2/c21-17-4-1-3-15(9-17)13-25-7-6-24(14-19(25)26)12-16-10-22-20(23-11-16)18-5-2-8-27-18/h1-5,8-11H,6-7,12-14H2. The number of amides is 1. The van der Waals surface area contributed by atoms with E-state index in [4.69, 9.17) is 4.42 Å². The number of furan rings is 1. The number of benzene rings is 1. The Hall–Kier alpha value is -3.06. The molecule has 3 heterocycles. The van der Waals surface area contributed by atoms with Gasteiger partial charge in [-0.25, -0.2) is 14.4 Å². The quantitative estimate of drug-likeness (QED) is 0.695. The molecule has 0 bridgehead atoms. The molecule has 27 heavy (non-hydrogen) atoms. The Kier molecular flexibility index (Phi) is 4.93. The lowest BCUT2D eigenvalue weighted by Crippen LogP contribution is -2.49. The van der Waals surface area contributed by atoms with Crippen LogP contribution in [0.5, 0.6) is 0 Å². The number of piperazine rings is 1. The van der Waals surface area contributed by atoms with Gasteiger partial charge < -0.3 is 9.32 Å². The fourth-order valence-corrected chi connectivity index (χ4v) is 3.14. The van der Waals surface area contributed by atoms with Crippen molar-refractivity contribution in [2.24, 2.45) is 0 Å². The van der Waals surface area contributed by atoms with Crippen LogP contribution in [0.25, 0.3) is 11.6 Å². The number of hydrogen-bond donors (Lipinski definition) is 0. The second kappa shape index (κ2) is 7.67. The number of carbonyl (C=O) groups excluding carboxylic acids is 1. The zero-order chi connectivity index (χ0) is 18.6. The van der Waals surface area contributed by atoms with Gasteiger partial charge in [-0.15, -0.1) is 0 Å². The van der Waals surface area contributed by atoms with E-state index in [9.17, 15) is 9.18 Å². The second-order valence-electron chi connectivity index (χ2n) is 6.55. The zero-order valence-corrected chi connectivity index (χ0v) is 14.7. The Balaban J connectivity index is 1.33. The van der Waals surface area contributed by atoms with E-state index in [1.54, 1.807) is 35.7 Å². The van der Waals surface area contributed by atoms with Crippen LogP contribution in [-0.2, 0) is 17.9 Å². The van der Waals surface area contributed by atoms with E-state index in [0.29, 0.717) is 37.8 Å². The van der Waals surface area contributed by atoms with Crippen molar-refractivity contribution in [3.8, 4) is 11.6 Å². The van der Waals surface area contributed by atoms with Crippen LogP contribution < -0.4 is 0 Å². The van der Waals surface area contributed by atoms with Crippen LogP contribution in [-0.4, -0.2) is 45.3 Å². The van der Waals surface area contributed by atoms with E-state index in [0.717, 1.165) is 17.7 Å². The zero-order valence-electron chi connectivity index (χ0n) is 14.7. The Morgan fingerprint density at radius 3 is 2.59 bits per heavy atom. The Morgan fingerprint density at radius 2 is 1.89 bits per heavy atom. The van der Waals surface area contributed by atoms with Crippen molar-refractivity contribution in [3.05, 3.63) is 72.0 Å². The van der Waals surface area contributed by atoms with E-state index < -0.39 is 0 Å². The highest BCUT2D eigenvalue weighted by Crippen LogP contribution is 2.16. The molecule has 1 aliphatic rings. The van der Waals surface area contributed by atoms with Crippen LogP contribution in [0.3, 0.4) is 0 Å². The van der Waals surface area contributed by atoms with E-state index in [1.165, 1.54) is 12.1 Å². The van der Waals surface area contributed by atoms with Gasteiger partial charge >= 0.3 is 0 Å². The molecule has 4 rings (SSSR count). The van der Waals surface area contributed by atoms with Gasteiger partial charge in [-0.05, 0) is 29.8 Å². The lowest BCUT2D eigenvalue weighted by Gasteiger charge is -2.34. The third kappa shape index (κ3) is 4.20. The smallest absolute Gasteiger partial charge is 0.237 e. The molecule has 0 saturated carbocycles. The Morgan fingerprint density at radius 1 is 1.04 bits per heavy atom. The number of halogens is 1. The average molecular weight is 366 g/mol. The molecular formula is C20H19FN4O2. The summed E-state index contributed by atoms with van der Waals surface area (Å²) in [5, 5.41) is 0. The largest absolute Gasteiger partial charge is 0.461 e. The molecule has 1 aromatic carbocycles. The van der Waals surface area contributed by atoms with Gasteiger partial charge in [0.15, 0.2) is 11.6 Å². The molecule has 2 aromatic heterocycles. The number of rotatable bonds is 5. The Labute approximate surface area is 156 Å². The molecule has 0 aliphatic carbocycles. The van der Waals surface area contributed by atoms with Crippen LogP contribution in [0.2, 0.25) is 0 Å². The SMILES string of the molecule is O=C1CN(Cc2cnc(-c3ccco3)nc2)CCN1Cc1cccc(F)c1. The molecule has 7 heteroatoms. The van der Waals surface area contributed by atoms with Crippen LogP contribution in [0.15, 0.2) is 59.5 Å². The molecule has 0 spiro atoms. The molecule has 6 nitrogen and oxygen atoms in total. The minimum absolute atomic E-state index is 0.0404. The van der Waals surface area contributed by atoms with Gasteiger partial charge in [0.1, 0.15) is 5.82 Å². The summed E-state index contributed by atoms with van der Waals surface area (Å²) < 4.78 is 18.6. The maximum atomic E-state index is 13.3. The first kappa shape index (κ1) is 17.4. The monoisotopic (exact) mass is 366 g/mol. The fourth-order valence-electron chi connectivity index (χ4n) is 3.14. The highest BCUT2D eigenvalue weighted by molar-refractivity contribution is 5.79. The van der Waals surface area contributed by atoms with Gasteiger partial charge in [-0.2, -0.15) is 0 Å². The van der Waals surface area contributed by atoms with Crippen LogP contribution >= 0.6 is 0 Å². The van der Waals surface area contributed by atoms with E-state index in [-0.39, 0.29) is 11.7 Å². The van der Waals surface area contributed by atoms with Crippen LogP contribution in [0.4, 0.5) is 4.39 Å². The van der Waals surface area contributed by atoms with Crippen molar-refractivity contribution in [1.29, 1.82) is 0 Å². The molecule has 0 N–H and O–H groups in total. The number of aromatic nitrogens is 2. The molecule has 1 amide bonds. The molecule has 1 fully saturated rings. The lowest BCUT2D eigenvalue weighted by atomic mass is 10.2. The summed E-state index contributed by atoms with van der Waals surface area (Å²) in [6.07, 6.45) is 5.10. The summed E-state index contributed by atoms with van der Waals surface area (Å²) in [5.74, 6) is 0.928. The predicted molar refractivity (Wildman–Crippen MR) is 96.8 cm³/mol. The minimum atomic E-state index is -0.281. The molecule has 0 atom stereocenters. The fraction of sp³-hybridized carbons (Fsp3) is 0.250. The molecule has 0 unspecified atom stereocenters. The predicted octanol–water partition coefficient (Wildman–Crippen LogP) is 2.72. The first-order valence-corrected chi connectivity index (χ1v) is 8.77. The molecule has 3 aromatic rings. The first-order chi connectivity index (χ1) is 13.2. The number of nitrogens with zero attached hydrogens (tertiary/aromatic N) is 4. The number of hydrogen-bond acceptors (Lipinski definition) is 5. The van der Waals surface area contributed by atoms with Gasteiger partial charge in [0, 0.05) is 44.1 Å². The van der Waals surface area contributed by atoms with Gasteiger partial charge in [-0.3, -0.25) is 9.69 Å². The van der Waals surface area contributed by atoms with Gasteiger partial charge in [0.2, 0.25) is 5.91 Å². The van der Waals surface area contributed by atoms with Gasteiger partial charge in [-0.1, -0.05) is 12.1 Å². The summed E-state index contributed by atoms with van der Waals surface area (Å²) in [4.78, 5) is 24.9. The highest BCUT2D eigenvalue weighted by atomic mass is 19.1. The molecular weight excluding hydrogens is 347 g/mol. The summed E-state index contributed by atoms with van der Waals surface area (Å²) in [6, 6.07) is 9.98. The van der Waals surface area contributed by atoms with Gasteiger partial charge in [0.25, 0.3) is 0 Å². The van der Waals surface area contributed by atoms with Crippen LogP contribution in [0, 0.1) is 5.82 Å². The first-order valence-electron chi connectivity index (χ1n) is 8.77. The highest BCUT2D eigenvalue weighted by Gasteiger charge is 2.24. The van der Waals surface area contributed by atoms with Crippen molar-refractivity contribution >= 4 is 5.91 Å². The molecule has 138 valence electrons. The van der Waals surface area contributed by atoms with Crippen molar-refractivity contribution in [3.63, 3.8) is 0 Å². The maximum Gasteiger partial charge on any atom is 0.237 e. The summed E-state index contributed by atoms with van der Waals surface area (Å²) >= 11 is 0. The average Bonchev–Trinajstić information content (AvgIpc) is 3.19. The van der Waals surface area contributed by atoms with E-state index in [1.807, 2.05) is 12.1 Å². The molecule has 1 aliphatic heterocycles. The molecule has 0 radical (unpaired) electrons. The third-order valence-electron chi connectivity index (χ3n) is 4.51. The molecule has 1 saturated heterocycles. The van der Waals surface area contributed by atoms with Crippen LogP contribution in [0.1, 0.15) is 11.1 Å². The Bertz CT molecular complexity index is 912. The van der Waals surface area contributed by atoms with Crippen molar-refractivity contribution < 1.29 is 13.6 Å². The van der Waals surface area contributed by atoms with Gasteiger partial charge in [0.05, 0.1) is 12.8 Å². The van der Waals surface area contributed by atoms with Crippen molar-refractivity contribution in [1.82, 2.24) is 19.8 Å². The number of carbonyl (C=O) groups is 1. The van der Waals surface area contributed by atoms with Crippen molar-refractivity contribution in [2.45, 2.75) is 13.1 Å². The normalized spacial score (nSPS) is 15.3. The minimum Gasteiger partial charge on any atom is -0.461 e. The third-order valence-corrected chi connectivity index (χ3v) is 4.51. The summed E-state index contributed by atoms with van der Waals surface area (Å²) in [5.41, 5.74) is 1.75. The van der Waals surface area contributed by atoms with Crippen molar-refractivity contribution in [2.75, 3.05) is 19.6 Å². The van der Waals surface area contributed by atoms with E-state index in [2.05, 4.69) is 14.9 Å². The maximum absolute atomic E-state index is 13.3. The summed E-state index contributed by atoms with van der Waals surface area (Å²) in [6.45, 7) is 2.74. The second-order valence-corrected chi connectivity index (χ2v) is 6.55. The lowest BCUT2D eigenvalue weighted by molar-refractivity contribution is -0.136.